The van der Waals surface area contributed by atoms with Crippen molar-refractivity contribution < 1.29 is 19.2 Å². The summed E-state index contributed by atoms with van der Waals surface area (Å²) in [5, 5.41) is 16.3. The van der Waals surface area contributed by atoms with Gasteiger partial charge in [-0.25, -0.2) is 4.21 Å². The Bertz CT molecular complexity index is 488. The molecule has 0 aliphatic rings. The molecule has 6 heteroatoms. The van der Waals surface area contributed by atoms with Gasteiger partial charge in [-0.1, -0.05) is 43.9 Å². The standard InChI is InChI=1S/C13H20O2SSi.C2H4O2/c1-17(2,3)13(10-7-11-14)16(15)12-8-5-4-6-9-12;1-2(3)4/h4-6,8-10,14H,7,11H2,1-3H3;1H3,(H,3,4). The third-order valence-corrected chi connectivity index (χ3v) is 7.70. The van der Waals surface area contributed by atoms with E-state index < -0.39 is 24.8 Å². The summed E-state index contributed by atoms with van der Waals surface area (Å²) >= 11 is 0. The lowest BCUT2D eigenvalue weighted by molar-refractivity contribution is -0.134. The zero-order valence-corrected chi connectivity index (χ0v) is 14.8. The van der Waals surface area contributed by atoms with E-state index in [9.17, 15) is 4.21 Å². The van der Waals surface area contributed by atoms with Gasteiger partial charge < -0.3 is 10.2 Å². The largest absolute Gasteiger partial charge is 0.481 e. The highest BCUT2D eigenvalue weighted by Gasteiger charge is 2.25. The molecule has 0 saturated carbocycles. The molecule has 1 atom stereocenters. The molecule has 0 aliphatic heterocycles. The van der Waals surface area contributed by atoms with Crippen LogP contribution in [0, 0.1) is 0 Å². The second-order valence-corrected chi connectivity index (χ2v) is 12.3. The Kier molecular flexibility index (Phi) is 9.08. The van der Waals surface area contributed by atoms with Crippen molar-refractivity contribution in [2.75, 3.05) is 6.61 Å². The third-order valence-electron chi connectivity index (χ3n) is 2.36. The van der Waals surface area contributed by atoms with Crippen LogP contribution in [0.5, 0.6) is 0 Å². The van der Waals surface area contributed by atoms with Gasteiger partial charge in [-0.2, -0.15) is 0 Å². The minimum absolute atomic E-state index is 0.111. The molecule has 0 amide bonds. The van der Waals surface area contributed by atoms with Crippen LogP contribution >= 0.6 is 0 Å². The summed E-state index contributed by atoms with van der Waals surface area (Å²) in [7, 11) is -2.70. The predicted molar refractivity (Wildman–Crippen MR) is 89.3 cm³/mol. The zero-order valence-electron chi connectivity index (χ0n) is 13.0. The van der Waals surface area contributed by atoms with Gasteiger partial charge in [-0.05, 0) is 18.6 Å². The molecule has 2 N–H and O–H groups in total. The third kappa shape index (κ3) is 8.59. The van der Waals surface area contributed by atoms with Crippen LogP contribution in [0.1, 0.15) is 13.3 Å². The van der Waals surface area contributed by atoms with Crippen molar-refractivity contribution >= 4 is 24.8 Å². The van der Waals surface area contributed by atoms with E-state index in [-0.39, 0.29) is 6.61 Å². The van der Waals surface area contributed by atoms with Crippen LogP contribution in [-0.4, -0.2) is 35.1 Å². The molecule has 118 valence electrons. The first-order chi connectivity index (χ1) is 9.70. The topological polar surface area (TPSA) is 74.6 Å². The maximum atomic E-state index is 12.5. The maximum absolute atomic E-state index is 12.5. The maximum Gasteiger partial charge on any atom is 0.300 e. The second kappa shape index (κ2) is 9.65. The molecule has 0 bridgehead atoms. The van der Waals surface area contributed by atoms with Crippen LogP contribution in [0.15, 0.2) is 45.8 Å². The van der Waals surface area contributed by atoms with Crippen molar-refractivity contribution in [2.24, 2.45) is 0 Å². The van der Waals surface area contributed by atoms with Crippen LogP contribution in [0.4, 0.5) is 0 Å². The molecule has 21 heavy (non-hydrogen) atoms. The van der Waals surface area contributed by atoms with Gasteiger partial charge >= 0.3 is 0 Å². The summed E-state index contributed by atoms with van der Waals surface area (Å²) in [6, 6.07) is 9.51. The van der Waals surface area contributed by atoms with Crippen molar-refractivity contribution in [3.05, 3.63) is 40.9 Å². The van der Waals surface area contributed by atoms with Gasteiger partial charge in [0.15, 0.2) is 0 Å². The first-order valence-corrected chi connectivity index (χ1v) is 11.3. The van der Waals surface area contributed by atoms with E-state index in [1.54, 1.807) is 0 Å². The molecule has 0 aromatic heterocycles. The number of aliphatic hydroxyl groups excluding tert-OH is 1. The molecule has 1 aromatic rings. The fourth-order valence-electron chi connectivity index (χ4n) is 1.53. The molecule has 0 fully saturated rings. The van der Waals surface area contributed by atoms with Gasteiger partial charge in [0.2, 0.25) is 0 Å². The number of rotatable bonds is 5. The first kappa shape index (κ1) is 19.8. The average Bonchev–Trinajstić information content (AvgIpc) is 2.38. The summed E-state index contributed by atoms with van der Waals surface area (Å²) in [4.78, 5) is 9.85. The number of aliphatic hydroxyl groups is 1. The average molecular weight is 329 g/mol. The van der Waals surface area contributed by atoms with Crippen molar-refractivity contribution in [3.8, 4) is 0 Å². The van der Waals surface area contributed by atoms with Gasteiger partial charge in [-0.3, -0.25) is 4.79 Å². The lowest BCUT2D eigenvalue weighted by Crippen LogP contribution is -2.27. The summed E-state index contributed by atoms with van der Waals surface area (Å²) < 4.78 is 13.5. The van der Waals surface area contributed by atoms with Gasteiger partial charge in [0.1, 0.15) is 0 Å². The number of benzene rings is 1. The molecule has 1 rings (SSSR count). The highest BCUT2D eigenvalue weighted by molar-refractivity contribution is 7.91. The van der Waals surface area contributed by atoms with Gasteiger partial charge in [0.25, 0.3) is 5.97 Å². The predicted octanol–water partition coefficient (Wildman–Crippen LogP) is 3.03. The molecule has 4 nitrogen and oxygen atoms in total. The van der Waals surface area contributed by atoms with E-state index in [1.807, 2.05) is 36.4 Å². The minimum atomic E-state index is -1.62. The number of carboxylic acid groups (broad SMARTS) is 1. The normalized spacial score (nSPS) is 13.1. The molecule has 0 spiro atoms. The monoisotopic (exact) mass is 328 g/mol. The van der Waals surface area contributed by atoms with Crippen LogP contribution in [0.2, 0.25) is 19.6 Å². The fourth-order valence-corrected chi connectivity index (χ4v) is 5.79. The van der Waals surface area contributed by atoms with E-state index in [2.05, 4.69) is 19.6 Å². The molecule has 0 saturated heterocycles. The van der Waals surface area contributed by atoms with Crippen molar-refractivity contribution in [1.82, 2.24) is 0 Å². The second-order valence-electron chi connectivity index (χ2n) is 5.43. The van der Waals surface area contributed by atoms with E-state index in [0.29, 0.717) is 6.42 Å². The Morgan fingerprint density at radius 3 is 2.10 bits per heavy atom. The van der Waals surface area contributed by atoms with Crippen LogP contribution < -0.4 is 0 Å². The number of aliphatic carboxylic acids is 1. The number of hydrogen-bond acceptors (Lipinski definition) is 3. The quantitative estimate of drug-likeness (QED) is 0.815. The van der Waals surface area contributed by atoms with Crippen molar-refractivity contribution in [3.63, 3.8) is 0 Å². The molecular weight excluding hydrogens is 304 g/mol. The van der Waals surface area contributed by atoms with Crippen molar-refractivity contribution in [1.29, 1.82) is 0 Å². The summed E-state index contributed by atoms with van der Waals surface area (Å²) in [5.41, 5.74) is 0. The number of carboxylic acids is 1. The van der Waals surface area contributed by atoms with E-state index in [1.165, 1.54) is 0 Å². The van der Waals surface area contributed by atoms with E-state index in [4.69, 9.17) is 15.0 Å². The van der Waals surface area contributed by atoms with Crippen LogP contribution in [0.3, 0.4) is 0 Å². The Hall–Kier alpha value is -1.24. The SMILES string of the molecule is CC(=O)O.C[Si](C)(C)C(=CCCO)S(=O)c1ccccc1. The Balaban J connectivity index is 0.000000885. The van der Waals surface area contributed by atoms with E-state index in [0.717, 1.165) is 16.3 Å². The zero-order chi connectivity index (χ0) is 16.5. The molecule has 0 radical (unpaired) electrons. The number of hydrogen-bond donors (Lipinski definition) is 2. The summed E-state index contributed by atoms with van der Waals surface area (Å²) in [6.45, 7) is 7.73. The Morgan fingerprint density at radius 2 is 1.71 bits per heavy atom. The molecular formula is C15H24O4SSi. The smallest absolute Gasteiger partial charge is 0.300 e. The molecule has 0 heterocycles. The molecule has 1 aromatic carbocycles. The van der Waals surface area contributed by atoms with Gasteiger partial charge in [0.05, 0.1) is 18.9 Å². The van der Waals surface area contributed by atoms with Crippen molar-refractivity contribution in [2.45, 2.75) is 37.9 Å². The summed E-state index contributed by atoms with van der Waals surface area (Å²) in [5.74, 6) is -0.833. The van der Waals surface area contributed by atoms with E-state index >= 15 is 0 Å². The Labute approximate surface area is 130 Å². The van der Waals surface area contributed by atoms with Gasteiger partial charge in [-0.15, -0.1) is 0 Å². The van der Waals surface area contributed by atoms with Crippen LogP contribution in [-0.2, 0) is 15.6 Å². The van der Waals surface area contributed by atoms with Crippen LogP contribution in [0.25, 0.3) is 0 Å². The lowest BCUT2D eigenvalue weighted by atomic mass is 10.4. The molecule has 0 aliphatic carbocycles. The highest BCUT2D eigenvalue weighted by atomic mass is 32.2. The minimum Gasteiger partial charge on any atom is -0.481 e. The molecule has 1 unspecified atom stereocenters. The first-order valence-electron chi connectivity index (χ1n) is 6.68. The highest BCUT2D eigenvalue weighted by Crippen LogP contribution is 2.24. The summed E-state index contributed by atoms with van der Waals surface area (Å²) in [6.07, 6.45) is 2.54. The fraction of sp³-hybridized carbons (Fsp3) is 0.400. The van der Waals surface area contributed by atoms with Gasteiger partial charge in [0, 0.05) is 23.0 Å². The number of carbonyl (C=O) groups is 1. The Morgan fingerprint density at radius 1 is 1.24 bits per heavy atom. The lowest BCUT2D eigenvalue weighted by Gasteiger charge is -2.20.